The van der Waals surface area contributed by atoms with E-state index in [1.54, 1.807) is 7.11 Å². The Morgan fingerprint density at radius 1 is 1.12 bits per heavy atom. The summed E-state index contributed by atoms with van der Waals surface area (Å²) in [7, 11) is 1.62. The van der Waals surface area contributed by atoms with Crippen LogP contribution < -0.4 is 24.3 Å². The molecule has 1 amide bonds. The number of carbonyl (C=O) groups excluding carboxylic acids is 1. The lowest BCUT2D eigenvalue weighted by molar-refractivity contribution is -0.121. The van der Waals surface area contributed by atoms with Crippen molar-refractivity contribution in [2.24, 2.45) is 0 Å². The predicted molar refractivity (Wildman–Crippen MR) is 97.1 cm³/mol. The summed E-state index contributed by atoms with van der Waals surface area (Å²) in [5.41, 5.74) is 0. The summed E-state index contributed by atoms with van der Waals surface area (Å²) < 4.78 is 22.1. The molecule has 0 bridgehead atoms. The lowest BCUT2D eigenvalue weighted by Gasteiger charge is -2.26. The Labute approximate surface area is 153 Å². The van der Waals surface area contributed by atoms with Crippen LogP contribution in [-0.4, -0.2) is 38.9 Å². The first kappa shape index (κ1) is 17.9. The number of benzene rings is 2. The molecule has 0 saturated carbocycles. The second-order valence-corrected chi connectivity index (χ2v) is 5.93. The van der Waals surface area contributed by atoms with Crippen molar-refractivity contribution in [2.45, 2.75) is 18.9 Å². The van der Waals surface area contributed by atoms with Crippen LogP contribution in [0.25, 0.3) is 0 Å². The first-order valence-electron chi connectivity index (χ1n) is 8.66. The largest absolute Gasteiger partial charge is 0.497 e. The van der Waals surface area contributed by atoms with E-state index in [0.717, 1.165) is 17.2 Å². The number of rotatable bonds is 8. The van der Waals surface area contributed by atoms with Gasteiger partial charge in [0.25, 0.3) is 0 Å². The van der Waals surface area contributed by atoms with Crippen molar-refractivity contribution in [1.29, 1.82) is 0 Å². The van der Waals surface area contributed by atoms with Gasteiger partial charge in [0.1, 0.15) is 24.2 Å². The zero-order chi connectivity index (χ0) is 18.2. The van der Waals surface area contributed by atoms with E-state index in [0.29, 0.717) is 38.3 Å². The van der Waals surface area contributed by atoms with E-state index in [1.807, 2.05) is 48.5 Å². The Morgan fingerprint density at radius 2 is 1.85 bits per heavy atom. The van der Waals surface area contributed by atoms with Gasteiger partial charge in [0.05, 0.1) is 20.3 Å². The topological polar surface area (TPSA) is 66.0 Å². The SMILES string of the molecule is COc1ccc(OCCCC(=O)NCC2COc3ccccc3O2)cc1. The zero-order valence-electron chi connectivity index (χ0n) is 14.8. The summed E-state index contributed by atoms with van der Waals surface area (Å²) in [6, 6.07) is 14.9. The fourth-order valence-corrected chi connectivity index (χ4v) is 2.57. The molecule has 2 aromatic carbocycles. The molecular formula is C20H23NO5. The number of ether oxygens (including phenoxy) is 4. The van der Waals surface area contributed by atoms with Crippen LogP contribution in [0.5, 0.6) is 23.0 Å². The third-order valence-corrected chi connectivity index (χ3v) is 3.97. The van der Waals surface area contributed by atoms with Crippen LogP contribution >= 0.6 is 0 Å². The van der Waals surface area contributed by atoms with E-state index in [9.17, 15) is 4.79 Å². The lowest BCUT2D eigenvalue weighted by atomic mass is 10.2. The minimum atomic E-state index is -0.176. The van der Waals surface area contributed by atoms with Gasteiger partial charge in [-0.15, -0.1) is 0 Å². The quantitative estimate of drug-likeness (QED) is 0.736. The van der Waals surface area contributed by atoms with Crippen LogP contribution in [-0.2, 0) is 4.79 Å². The van der Waals surface area contributed by atoms with Crippen molar-refractivity contribution in [1.82, 2.24) is 5.32 Å². The molecule has 1 atom stereocenters. The number of para-hydroxylation sites is 2. The van der Waals surface area contributed by atoms with Crippen LogP contribution in [0.15, 0.2) is 48.5 Å². The van der Waals surface area contributed by atoms with Crippen molar-refractivity contribution in [2.75, 3.05) is 26.9 Å². The average molecular weight is 357 g/mol. The van der Waals surface area contributed by atoms with Crippen LogP contribution in [0, 0.1) is 0 Å². The fraction of sp³-hybridized carbons (Fsp3) is 0.350. The van der Waals surface area contributed by atoms with Gasteiger partial charge in [-0.3, -0.25) is 4.79 Å². The molecule has 0 saturated heterocycles. The standard InChI is InChI=1S/C20H23NO5/c1-23-15-8-10-16(11-9-15)24-12-4-7-20(22)21-13-17-14-25-18-5-2-3-6-19(18)26-17/h2-3,5-6,8-11,17H,4,7,12-14H2,1H3,(H,21,22). The summed E-state index contributed by atoms with van der Waals surface area (Å²) in [6.07, 6.45) is 0.868. The number of amides is 1. The van der Waals surface area contributed by atoms with Gasteiger partial charge in [-0.2, -0.15) is 0 Å². The Balaban J connectivity index is 1.31. The number of methoxy groups -OCH3 is 1. The monoisotopic (exact) mass is 357 g/mol. The van der Waals surface area contributed by atoms with Gasteiger partial charge in [0, 0.05) is 6.42 Å². The molecule has 0 aromatic heterocycles. The highest BCUT2D eigenvalue weighted by Gasteiger charge is 2.20. The highest BCUT2D eigenvalue weighted by Crippen LogP contribution is 2.30. The Bertz CT molecular complexity index is 716. The molecule has 138 valence electrons. The van der Waals surface area contributed by atoms with E-state index < -0.39 is 0 Å². The Morgan fingerprint density at radius 3 is 2.62 bits per heavy atom. The zero-order valence-corrected chi connectivity index (χ0v) is 14.8. The number of hydrogen-bond acceptors (Lipinski definition) is 5. The van der Waals surface area contributed by atoms with E-state index in [1.165, 1.54) is 0 Å². The number of nitrogens with one attached hydrogen (secondary N) is 1. The summed E-state index contributed by atoms with van der Waals surface area (Å²) in [6.45, 7) is 1.33. The van der Waals surface area contributed by atoms with Crippen molar-refractivity contribution >= 4 is 5.91 Å². The van der Waals surface area contributed by atoms with E-state index in [-0.39, 0.29) is 12.0 Å². The highest BCUT2D eigenvalue weighted by atomic mass is 16.6. The molecule has 26 heavy (non-hydrogen) atoms. The summed E-state index contributed by atoms with van der Waals surface area (Å²) in [4.78, 5) is 11.9. The molecule has 1 N–H and O–H groups in total. The molecule has 1 aliphatic heterocycles. The second-order valence-electron chi connectivity index (χ2n) is 5.93. The molecule has 1 aliphatic rings. The predicted octanol–water partition coefficient (Wildman–Crippen LogP) is 2.81. The van der Waals surface area contributed by atoms with Crippen molar-refractivity contribution in [3.8, 4) is 23.0 Å². The normalized spacial score (nSPS) is 15.2. The number of fused-ring (bicyclic) bond motifs is 1. The summed E-state index contributed by atoms with van der Waals surface area (Å²) >= 11 is 0. The van der Waals surface area contributed by atoms with Crippen molar-refractivity contribution in [3.63, 3.8) is 0 Å². The number of hydrogen-bond donors (Lipinski definition) is 1. The van der Waals surface area contributed by atoms with Gasteiger partial charge in [0.15, 0.2) is 11.5 Å². The second kappa shape index (κ2) is 8.99. The molecule has 6 nitrogen and oxygen atoms in total. The molecule has 6 heteroatoms. The minimum Gasteiger partial charge on any atom is -0.497 e. The summed E-state index contributed by atoms with van der Waals surface area (Å²) in [5, 5.41) is 2.88. The molecule has 0 spiro atoms. The molecule has 0 aliphatic carbocycles. The Hall–Kier alpha value is -2.89. The molecule has 3 rings (SSSR count). The van der Waals surface area contributed by atoms with Crippen LogP contribution in [0.4, 0.5) is 0 Å². The van der Waals surface area contributed by atoms with Gasteiger partial charge in [-0.1, -0.05) is 12.1 Å². The third-order valence-electron chi connectivity index (χ3n) is 3.97. The molecular weight excluding hydrogens is 334 g/mol. The maximum absolute atomic E-state index is 11.9. The first-order valence-corrected chi connectivity index (χ1v) is 8.66. The highest BCUT2D eigenvalue weighted by molar-refractivity contribution is 5.75. The van der Waals surface area contributed by atoms with Gasteiger partial charge < -0.3 is 24.3 Å². The van der Waals surface area contributed by atoms with Gasteiger partial charge >= 0.3 is 0 Å². The van der Waals surface area contributed by atoms with Crippen LogP contribution in [0.2, 0.25) is 0 Å². The van der Waals surface area contributed by atoms with Crippen LogP contribution in [0.1, 0.15) is 12.8 Å². The van der Waals surface area contributed by atoms with Crippen molar-refractivity contribution in [3.05, 3.63) is 48.5 Å². The molecule has 0 radical (unpaired) electrons. The Kier molecular flexibility index (Phi) is 6.19. The molecule has 1 unspecified atom stereocenters. The molecule has 0 fully saturated rings. The number of carbonyl (C=O) groups is 1. The maximum Gasteiger partial charge on any atom is 0.220 e. The lowest BCUT2D eigenvalue weighted by Crippen LogP contribution is -2.40. The van der Waals surface area contributed by atoms with Gasteiger partial charge in [-0.25, -0.2) is 0 Å². The van der Waals surface area contributed by atoms with E-state index in [4.69, 9.17) is 18.9 Å². The summed E-state index contributed by atoms with van der Waals surface area (Å²) in [5.74, 6) is 2.98. The van der Waals surface area contributed by atoms with E-state index in [2.05, 4.69) is 5.32 Å². The first-order chi connectivity index (χ1) is 12.7. The maximum atomic E-state index is 11.9. The molecule has 2 aromatic rings. The van der Waals surface area contributed by atoms with Crippen molar-refractivity contribution < 1.29 is 23.7 Å². The fourth-order valence-electron chi connectivity index (χ4n) is 2.57. The molecule has 1 heterocycles. The minimum absolute atomic E-state index is 0.0224. The van der Waals surface area contributed by atoms with E-state index >= 15 is 0 Å². The third kappa shape index (κ3) is 5.05. The average Bonchev–Trinajstić information content (AvgIpc) is 2.70. The van der Waals surface area contributed by atoms with Crippen LogP contribution in [0.3, 0.4) is 0 Å². The van der Waals surface area contributed by atoms with Gasteiger partial charge in [-0.05, 0) is 42.8 Å². The smallest absolute Gasteiger partial charge is 0.220 e. The van der Waals surface area contributed by atoms with Gasteiger partial charge in [0.2, 0.25) is 5.91 Å².